The second kappa shape index (κ2) is 9.96. The molecular weight excluding hydrogens is 196 g/mol. The molecule has 3 nitrogen and oxygen atoms in total. The van der Waals surface area contributed by atoms with Crippen LogP contribution in [-0.2, 0) is 14.3 Å². The summed E-state index contributed by atoms with van der Waals surface area (Å²) < 4.78 is 4.35. The molecule has 70 valence electrons. The van der Waals surface area contributed by atoms with E-state index in [0.717, 1.165) is 0 Å². The molecule has 0 aromatic rings. The number of allylic oxidation sites excluding steroid dienone is 3. The monoisotopic (exact) mass is 210 g/mol. The molecule has 0 spiro atoms. The fourth-order valence-corrected chi connectivity index (χ4v) is 0.464. The summed E-state index contributed by atoms with van der Waals surface area (Å²) in [6.45, 7) is 3.46. The number of ether oxygens (including phenoxy) is 1. The molecule has 0 saturated heterocycles. The number of hydrogen-bond donors (Lipinski definition) is 0. The zero-order valence-electron chi connectivity index (χ0n) is 7.24. The van der Waals surface area contributed by atoms with Crippen LogP contribution in [0.5, 0.6) is 0 Å². The summed E-state index contributed by atoms with van der Waals surface area (Å²) >= 11 is 0. The summed E-state index contributed by atoms with van der Waals surface area (Å²) in [5, 5.41) is 0. The van der Waals surface area contributed by atoms with Crippen molar-refractivity contribution < 1.29 is 14.3 Å². The minimum atomic E-state index is -0.625. The van der Waals surface area contributed by atoms with Crippen LogP contribution in [0.15, 0.2) is 24.3 Å². The van der Waals surface area contributed by atoms with Crippen molar-refractivity contribution in [3.05, 3.63) is 24.3 Å². The second-order valence-corrected chi connectivity index (χ2v) is 2.03. The number of esters is 2. The van der Waals surface area contributed by atoms with Gasteiger partial charge in [0.1, 0.15) is 0 Å². The van der Waals surface area contributed by atoms with E-state index >= 15 is 0 Å². The van der Waals surface area contributed by atoms with Gasteiger partial charge in [0.15, 0.2) is 0 Å². The fourth-order valence-electron chi connectivity index (χ4n) is 0.464. The van der Waals surface area contributed by atoms with Gasteiger partial charge in [0.2, 0.25) is 0 Å². The molecule has 0 unspecified atom stereocenters. The second-order valence-electron chi connectivity index (χ2n) is 2.03. The van der Waals surface area contributed by atoms with Gasteiger partial charge in [-0.1, -0.05) is 25.2 Å². The molecular formula is C9H14CaO3. The Morgan fingerprint density at radius 2 is 1.92 bits per heavy atom. The van der Waals surface area contributed by atoms with Crippen LogP contribution >= 0.6 is 0 Å². The first-order valence-electron chi connectivity index (χ1n) is 3.74. The Morgan fingerprint density at radius 1 is 1.31 bits per heavy atom. The normalized spacial score (nSPS) is 10.0. The molecule has 0 aliphatic rings. The SMILES string of the molecule is C/C=C/C=C/C(=O)OC(=O)CC.[CaH2]. The third-order valence-electron chi connectivity index (χ3n) is 1.04. The van der Waals surface area contributed by atoms with Gasteiger partial charge in [-0.2, -0.15) is 0 Å². The molecule has 0 radical (unpaired) electrons. The first-order valence-corrected chi connectivity index (χ1v) is 3.74. The molecule has 0 atom stereocenters. The molecule has 13 heavy (non-hydrogen) atoms. The standard InChI is InChI=1S/C9H12O3.Ca.2H/c1-3-5-6-7-9(11)12-8(10)4-2;;;/h3,5-7H,4H2,1-2H3;;;/b5-3+,7-6+;;;. The molecule has 0 saturated carbocycles. The predicted octanol–water partition coefficient (Wildman–Crippen LogP) is 0.682. The Morgan fingerprint density at radius 3 is 2.38 bits per heavy atom. The Balaban J connectivity index is 0. The summed E-state index contributed by atoms with van der Waals surface area (Å²) in [4.78, 5) is 21.3. The summed E-state index contributed by atoms with van der Waals surface area (Å²) in [5.41, 5.74) is 0. The zero-order chi connectivity index (χ0) is 9.40. The number of hydrogen-bond acceptors (Lipinski definition) is 3. The van der Waals surface area contributed by atoms with Crippen molar-refractivity contribution in [3.8, 4) is 0 Å². The molecule has 4 heteroatoms. The van der Waals surface area contributed by atoms with E-state index in [0.29, 0.717) is 0 Å². The van der Waals surface area contributed by atoms with Crippen LogP contribution in [-0.4, -0.2) is 49.7 Å². The number of carbonyl (C=O) groups is 2. The number of carbonyl (C=O) groups excluding carboxylic acids is 2. The van der Waals surface area contributed by atoms with E-state index in [1.165, 1.54) is 12.2 Å². The fraction of sp³-hybridized carbons (Fsp3) is 0.333. The van der Waals surface area contributed by atoms with Crippen LogP contribution in [0, 0.1) is 0 Å². The molecule has 0 amide bonds. The quantitative estimate of drug-likeness (QED) is 0.226. The molecule has 0 aromatic carbocycles. The van der Waals surface area contributed by atoms with Crippen molar-refractivity contribution in [1.82, 2.24) is 0 Å². The molecule has 0 aliphatic heterocycles. The van der Waals surface area contributed by atoms with Gasteiger partial charge in [-0.05, 0) is 6.92 Å². The van der Waals surface area contributed by atoms with Gasteiger partial charge in [0.05, 0.1) is 0 Å². The van der Waals surface area contributed by atoms with Crippen LogP contribution in [0.4, 0.5) is 0 Å². The van der Waals surface area contributed by atoms with E-state index in [1.54, 1.807) is 19.1 Å². The van der Waals surface area contributed by atoms with Crippen molar-refractivity contribution in [2.75, 3.05) is 0 Å². The predicted molar refractivity (Wildman–Crippen MR) is 53.9 cm³/mol. The maximum atomic E-state index is 10.7. The topological polar surface area (TPSA) is 43.4 Å². The Kier molecular flexibility index (Phi) is 11.8. The van der Waals surface area contributed by atoms with Gasteiger partial charge in [0.25, 0.3) is 0 Å². The maximum absolute atomic E-state index is 10.7. The molecule has 0 bridgehead atoms. The van der Waals surface area contributed by atoms with Crippen molar-refractivity contribution in [2.24, 2.45) is 0 Å². The van der Waals surface area contributed by atoms with E-state index in [1.807, 2.05) is 6.92 Å². The van der Waals surface area contributed by atoms with Gasteiger partial charge >= 0.3 is 49.7 Å². The van der Waals surface area contributed by atoms with E-state index < -0.39 is 11.9 Å². The summed E-state index contributed by atoms with van der Waals surface area (Å²) in [6.07, 6.45) is 6.38. The first-order chi connectivity index (χ1) is 5.70. The van der Waals surface area contributed by atoms with E-state index in [-0.39, 0.29) is 44.2 Å². The van der Waals surface area contributed by atoms with E-state index in [9.17, 15) is 9.59 Å². The summed E-state index contributed by atoms with van der Waals surface area (Å²) in [5.74, 6) is -1.13. The zero-order valence-corrected chi connectivity index (χ0v) is 7.24. The molecule has 0 aromatic heterocycles. The van der Waals surface area contributed by atoms with Gasteiger partial charge in [-0.15, -0.1) is 0 Å². The van der Waals surface area contributed by atoms with Crippen molar-refractivity contribution in [2.45, 2.75) is 20.3 Å². The third kappa shape index (κ3) is 9.80. The van der Waals surface area contributed by atoms with Gasteiger partial charge < -0.3 is 4.74 Å². The molecule has 0 N–H and O–H groups in total. The minimum absolute atomic E-state index is 0. The van der Waals surface area contributed by atoms with E-state index in [4.69, 9.17) is 0 Å². The van der Waals surface area contributed by atoms with Crippen LogP contribution in [0.3, 0.4) is 0 Å². The summed E-state index contributed by atoms with van der Waals surface area (Å²) in [6, 6.07) is 0. The van der Waals surface area contributed by atoms with Crippen LogP contribution < -0.4 is 0 Å². The Labute approximate surface area is 108 Å². The molecule has 0 rings (SSSR count). The summed E-state index contributed by atoms with van der Waals surface area (Å²) in [7, 11) is 0. The average molecular weight is 210 g/mol. The van der Waals surface area contributed by atoms with Crippen LogP contribution in [0.1, 0.15) is 20.3 Å². The van der Waals surface area contributed by atoms with Crippen LogP contribution in [0.2, 0.25) is 0 Å². The van der Waals surface area contributed by atoms with Gasteiger partial charge in [-0.25, -0.2) is 4.79 Å². The molecule has 0 heterocycles. The van der Waals surface area contributed by atoms with Crippen LogP contribution in [0.25, 0.3) is 0 Å². The van der Waals surface area contributed by atoms with Crippen molar-refractivity contribution in [1.29, 1.82) is 0 Å². The first kappa shape index (κ1) is 15.4. The van der Waals surface area contributed by atoms with E-state index in [2.05, 4.69) is 4.74 Å². The Hall–Kier alpha value is -0.120. The molecule has 0 fully saturated rings. The Bertz CT molecular complexity index is 219. The van der Waals surface area contributed by atoms with Gasteiger partial charge in [-0.3, -0.25) is 4.79 Å². The van der Waals surface area contributed by atoms with Crippen molar-refractivity contribution in [3.63, 3.8) is 0 Å². The molecule has 0 aliphatic carbocycles. The number of rotatable bonds is 3. The van der Waals surface area contributed by atoms with Gasteiger partial charge in [0, 0.05) is 12.5 Å². The third-order valence-corrected chi connectivity index (χ3v) is 1.04. The average Bonchev–Trinajstić information content (AvgIpc) is 2.05. The van der Waals surface area contributed by atoms with Crippen molar-refractivity contribution >= 4 is 49.7 Å².